The smallest absolute Gasteiger partial charge is 0.277 e. The Morgan fingerprint density at radius 1 is 1.00 bits per heavy atom. The number of amides is 1. The van der Waals surface area contributed by atoms with Gasteiger partial charge in [0.05, 0.1) is 11.8 Å². The first-order chi connectivity index (χ1) is 16.6. The molecule has 0 bridgehead atoms. The highest BCUT2D eigenvalue weighted by molar-refractivity contribution is 7.99. The predicted octanol–water partition coefficient (Wildman–Crippen LogP) is 5.54. The van der Waals surface area contributed by atoms with Gasteiger partial charge in [0.2, 0.25) is 5.91 Å². The van der Waals surface area contributed by atoms with E-state index in [1.165, 1.54) is 12.1 Å². The largest absolute Gasteiger partial charge is 0.478 e. The Labute approximate surface area is 201 Å². The summed E-state index contributed by atoms with van der Waals surface area (Å²) < 4.78 is 25.0. The molecular formula is C26H24FN3O3S. The zero-order valence-electron chi connectivity index (χ0n) is 18.6. The van der Waals surface area contributed by atoms with E-state index in [0.29, 0.717) is 6.42 Å². The van der Waals surface area contributed by atoms with Gasteiger partial charge in [0.15, 0.2) is 17.7 Å². The normalized spacial score (nSPS) is 12.6. The molecule has 8 heteroatoms. The van der Waals surface area contributed by atoms with Crippen LogP contribution in [-0.4, -0.2) is 21.9 Å². The molecule has 1 N–H and O–H groups in total. The van der Waals surface area contributed by atoms with Crippen molar-refractivity contribution in [2.45, 2.75) is 30.7 Å². The molecule has 0 saturated carbocycles. The summed E-state index contributed by atoms with van der Waals surface area (Å²) in [5.74, 6) is -0.194. The van der Waals surface area contributed by atoms with Gasteiger partial charge in [0.25, 0.3) is 11.1 Å². The summed E-state index contributed by atoms with van der Waals surface area (Å²) in [5, 5.41) is 11.3. The minimum atomic E-state index is -0.638. The molecule has 1 heterocycles. The van der Waals surface area contributed by atoms with Gasteiger partial charge in [-0.15, -0.1) is 10.2 Å². The Kier molecular flexibility index (Phi) is 7.93. The Balaban J connectivity index is 1.34. The van der Waals surface area contributed by atoms with Crippen molar-refractivity contribution in [2.75, 3.05) is 5.75 Å². The van der Waals surface area contributed by atoms with Crippen molar-refractivity contribution in [3.05, 3.63) is 108 Å². The number of nitrogens with zero attached hydrogens (tertiary/aromatic N) is 2. The standard InChI is InChI=1S/C26H24FN3O3S/c1-18(32-23-15-9-8-14-21(23)27)25-29-30-26(33-25)34-17-24(31)28-22(20-12-6-3-7-13-20)16-19-10-4-2-5-11-19/h2-15,18,22H,16-17H2,1H3,(H,28,31). The molecule has 0 radical (unpaired) electrons. The van der Waals surface area contributed by atoms with Crippen LogP contribution < -0.4 is 10.1 Å². The van der Waals surface area contributed by atoms with E-state index in [0.717, 1.165) is 22.9 Å². The maximum absolute atomic E-state index is 13.8. The number of carbonyl (C=O) groups excluding carboxylic acids is 1. The third kappa shape index (κ3) is 6.45. The molecule has 0 aliphatic heterocycles. The van der Waals surface area contributed by atoms with Crippen molar-refractivity contribution in [2.24, 2.45) is 0 Å². The van der Waals surface area contributed by atoms with Gasteiger partial charge < -0.3 is 14.5 Å². The molecule has 0 spiro atoms. The highest BCUT2D eigenvalue weighted by Crippen LogP contribution is 2.26. The molecule has 0 saturated heterocycles. The topological polar surface area (TPSA) is 77.2 Å². The van der Waals surface area contributed by atoms with Gasteiger partial charge in [-0.3, -0.25) is 4.79 Å². The number of carbonyl (C=O) groups is 1. The summed E-state index contributed by atoms with van der Waals surface area (Å²) in [4.78, 5) is 12.7. The number of hydrogen-bond acceptors (Lipinski definition) is 6. The van der Waals surface area contributed by atoms with Crippen LogP contribution in [0.4, 0.5) is 4.39 Å². The lowest BCUT2D eigenvalue weighted by molar-refractivity contribution is -0.119. The lowest BCUT2D eigenvalue weighted by Crippen LogP contribution is -2.31. The molecule has 0 fully saturated rings. The minimum Gasteiger partial charge on any atom is -0.478 e. The number of thioether (sulfide) groups is 1. The second-order valence-electron chi connectivity index (χ2n) is 7.61. The first-order valence-corrected chi connectivity index (χ1v) is 11.8. The average molecular weight is 478 g/mol. The van der Waals surface area contributed by atoms with Crippen molar-refractivity contribution in [1.29, 1.82) is 0 Å². The number of aromatic nitrogens is 2. The summed E-state index contributed by atoms with van der Waals surface area (Å²) in [6.07, 6.45) is 0.0394. The van der Waals surface area contributed by atoms with Crippen molar-refractivity contribution in [1.82, 2.24) is 15.5 Å². The van der Waals surface area contributed by atoms with Gasteiger partial charge in [-0.2, -0.15) is 0 Å². The summed E-state index contributed by atoms with van der Waals surface area (Å²) in [7, 11) is 0. The maximum Gasteiger partial charge on any atom is 0.277 e. The number of hydrogen-bond donors (Lipinski definition) is 1. The number of halogens is 1. The van der Waals surface area contributed by atoms with Gasteiger partial charge in [-0.25, -0.2) is 4.39 Å². The second-order valence-corrected chi connectivity index (χ2v) is 8.53. The first-order valence-electron chi connectivity index (χ1n) is 10.8. The number of rotatable bonds is 10. The SMILES string of the molecule is CC(Oc1ccccc1F)c1nnc(SCC(=O)NC(Cc2ccccc2)c2ccccc2)o1. The molecule has 174 valence electrons. The first kappa shape index (κ1) is 23.5. The minimum absolute atomic E-state index is 0.104. The second kappa shape index (κ2) is 11.5. The average Bonchev–Trinajstić information content (AvgIpc) is 3.34. The molecule has 1 aromatic heterocycles. The lowest BCUT2D eigenvalue weighted by Gasteiger charge is -2.19. The van der Waals surface area contributed by atoms with E-state index in [2.05, 4.69) is 15.5 Å². The predicted molar refractivity (Wildman–Crippen MR) is 128 cm³/mol. The van der Waals surface area contributed by atoms with E-state index >= 15 is 0 Å². The summed E-state index contributed by atoms with van der Waals surface area (Å²) in [5.41, 5.74) is 2.17. The van der Waals surface area contributed by atoms with E-state index in [9.17, 15) is 9.18 Å². The van der Waals surface area contributed by atoms with E-state index in [1.54, 1.807) is 19.1 Å². The van der Waals surface area contributed by atoms with Gasteiger partial charge in [-0.1, -0.05) is 84.6 Å². The van der Waals surface area contributed by atoms with Crippen LogP contribution in [-0.2, 0) is 11.2 Å². The zero-order chi connectivity index (χ0) is 23.8. The van der Waals surface area contributed by atoms with E-state index < -0.39 is 11.9 Å². The van der Waals surface area contributed by atoms with Crippen molar-refractivity contribution in [3.63, 3.8) is 0 Å². The fraction of sp³-hybridized carbons (Fsp3) is 0.192. The van der Waals surface area contributed by atoms with Gasteiger partial charge in [-0.05, 0) is 36.6 Å². The Morgan fingerprint density at radius 3 is 2.41 bits per heavy atom. The highest BCUT2D eigenvalue weighted by atomic mass is 32.2. The van der Waals surface area contributed by atoms with Crippen LogP contribution in [0.1, 0.15) is 36.1 Å². The van der Waals surface area contributed by atoms with Crippen LogP contribution in [0.2, 0.25) is 0 Å². The number of benzene rings is 3. The Hall–Kier alpha value is -3.65. The number of para-hydroxylation sites is 1. The van der Waals surface area contributed by atoms with Crippen LogP contribution >= 0.6 is 11.8 Å². The van der Waals surface area contributed by atoms with Crippen LogP contribution in [0.15, 0.2) is 94.6 Å². The monoisotopic (exact) mass is 477 g/mol. The molecule has 2 atom stereocenters. The molecule has 0 aliphatic carbocycles. The molecular weight excluding hydrogens is 453 g/mol. The molecule has 3 aromatic carbocycles. The molecule has 34 heavy (non-hydrogen) atoms. The molecule has 6 nitrogen and oxygen atoms in total. The third-order valence-corrected chi connectivity index (χ3v) is 5.88. The van der Waals surface area contributed by atoms with E-state index in [1.807, 2.05) is 60.7 Å². The quantitative estimate of drug-likeness (QED) is 0.302. The van der Waals surface area contributed by atoms with Gasteiger partial charge >= 0.3 is 0 Å². The van der Waals surface area contributed by atoms with E-state index in [-0.39, 0.29) is 34.6 Å². The summed E-state index contributed by atoms with van der Waals surface area (Å²) in [6.45, 7) is 1.69. The molecule has 0 aliphatic rings. The summed E-state index contributed by atoms with van der Waals surface area (Å²) in [6, 6.07) is 25.8. The van der Waals surface area contributed by atoms with Gasteiger partial charge in [0, 0.05) is 0 Å². The summed E-state index contributed by atoms with van der Waals surface area (Å²) >= 11 is 1.14. The van der Waals surface area contributed by atoms with E-state index in [4.69, 9.17) is 9.15 Å². The molecule has 4 aromatic rings. The van der Waals surface area contributed by atoms with Crippen molar-refractivity contribution < 1.29 is 18.3 Å². The van der Waals surface area contributed by atoms with Crippen LogP contribution in [0, 0.1) is 5.82 Å². The Bertz CT molecular complexity index is 1200. The molecule has 1 amide bonds. The fourth-order valence-corrected chi connectivity index (χ4v) is 3.96. The molecule has 2 unspecified atom stereocenters. The highest BCUT2D eigenvalue weighted by Gasteiger charge is 2.19. The van der Waals surface area contributed by atoms with Gasteiger partial charge in [0.1, 0.15) is 0 Å². The number of ether oxygens (including phenoxy) is 1. The maximum atomic E-state index is 13.8. The lowest BCUT2D eigenvalue weighted by atomic mass is 9.99. The Morgan fingerprint density at radius 2 is 1.68 bits per heavy atom. The fourth-order valence-electron chi connectivity index (χ4n) is 3.37. The van der Waals surface area contributed by atoms with Crippen molar-refractivity contribution in [3.8, 4) is 5.75 Å². The van der Waals surface area contributed by atoms with Crippen molar-refractivity contribution >= 4 is 17.7 Å². The van der Waals surface area contributed by atoms with Crippen LogP contribution in [0.5, 0.6) is 5.75 Å². The zero-order valence-corrected chi connectivity index (χ0v) is 19.4. The van der Waals surface area contributed by atoms with Crippen LogP contribution in [0.25, 0.3) is 0 Å². The third-order valence-electron chi connectivity index (χ3n) is 5.06. The number of nitrogens with one attached hydrogen (secondary N) is 1. The van der Waals surface area contributed by atoms with Crippen LogP contribution in [0.3, 0.4) is 0 Å². The molecule has 4 rings (SSSR count).